The zero-order chi connectivity index (χ0) is 19.0. The Bertz CT molecular complexity index is 1160. The summed E-state index contributed by atoms with van der Waals surface area (Å²) in [5.41, 5.74) is 1.85. The van der Waals surface area contributed by atoms with Gasteiger partial charge in [-0.05, 0) is 23.3 Å². The van der Waals surface area contributed by atoms with Gasteiger partial charge in [0.05, 0.1) is 24.0 Å². The molecule has 2 heterocycles. The van der Waals surface area contributed by atoms with Crippen molar-refractivity contribution in [3.05, 3.63) is 87.8 Å². The molecule has 0 aliphatic heterocycles. The van der Waals surface area contributed by atoms with E-state index in [1.54, 1.807) is 6.07 Å². The molecule has 0 fully saturated rings. The summed E-state index contributed by atoms with van der Waals surface area (Å²) in [5.74, 6) is 0. The molecule has 3 nitrogen and oxygen atoms in total. The molecule has 0 bridgehead atoms. The number of hydrogen-bond acceptors (Lipinski definition) is 3. The molecule has 0 N–H and O–H groups in total. The fourth-order valence-electron chi connectivity index (χ4n) is 2.92. The Morgan fingerprint density at radius 1 is 1.04 bits per heavy atom. The molecule has 0 saturated carbocycles. The van der Waals surface area contributed by atoms with Crippen LogP contribution in [0.25, 0.3) is 21.3 Å². The van der Waals surface area contributed by atoms with Crippen molar-refractivity contribution in [1.82, 2.24) is 9.55 Å². The normalized spacial score (nSPS) is 11.8. The van der Waals surface area contributed by atoms with Gasteiger partial charge in [0.2, 0.25) is 0 Å². The van der Waals surface area contributed by atoms with Gasteiger partial charge in [0.1, 0.15) is 4.70 Å². The van der Waals surface area contributed by atoms with E-state index in [-0.39, 0.29) is 12.1 Å². The lowest BCUT2D eigenvalue weighted by atomic mass is 10.1. The molecule has 2 aromatic heterocycles. The van der Waals surface area contributed by atoms with Gasteiger partial charge in [-0.25, -0.2) is 4.98 Å². The largest absolute Gasteiger partial charge is 0.416 e. The first-order chi connectivity index (χ1) is 12.9. The van der Waals surface area contributed by atoms with Crippen molar-refractivity contribution in [2.45, 2.75) is 12.7 Å². The molecule has 7 heteroatoms. The van der Waals surface area contributed by atoms with Crippen LogP contribution in [0.3, 0.4) is 0 Å². The molecule has 27 heavy (non-hydrogen) atoms. The third-order valence-corrected chi connectivity index (χ3v) is 5.20. The summed E-state index contributed by atoms with van der Waals surface area (Å²) in [6.45, 7) is 0.0320. The topological polar surface area (TPSA) is 34.9 Å². The third kappa shape index (κ3) is 3.38. The molecule has 0 unspecified atom stereocenters. The van der Waals surface area contributed by atoms with E-state index in [1.165, 1.54) is 28.3 Å². The van der Waals surface area contributed by atoms with Crippen LogP contribution in [0.4, 0.5) is 13.2 Å². The van der Waals surface area contributed by atoms with Crippen LogP contribution in [0.15, 0.2) is 71.1 Å². The van der Waals surface area contributed by atoms with Crippen LogP contribution in [-0.4, -0.2) is 9.55 Å². The van der Waals surface area contributed by atoms with Crippen molar-refractivity contribution in [1.29, 1.82) is 0 Å². The molecule has 0 aliphatic rings. The number of rotatable bonds is 3. The lowest BCUT2D eigenvalue weighted by Gasteiger charge is -2.10. The lowest BCUT2D eigenvalue weighted by Crippen LogP contribution is -2.20. The van der Waals surface area contributed by atoms with E-state index < -0.39 is 11.7 Å². The summed E-state index contributed by atoms with van der Waals surface area (Å²) in [7, 11) is 0. The Morgan fingerprint density at radius 2 is 1.81 bits per heavy atom. The number of benzene rings is 2. The van der Waals surface area contributed by atoms with Crippen molar-refractivity contribution in [2.75, 3.05) is 0 Å². The van der Waals surface area contributed by atoms with Crippen molar-refractivity contribution in [3.8, 4) is 11.1 Å². The van der Waals surface area contributed by atoms with Gasteiger partial charge in [-0.15, -0.1) is 11.3 Å². The Balaban J connectivity index is 1.73. The number of thiophene rings is 1. The summed E-state index contributed by atoms with van der Waals surface area (Å²) in [5, 5.41) is 1.88. The molecular weight excluding hydrogens is 373 g/mol. The number of hydrogen-bond donors (Lipinski definition) is 0. The third-order valence-electron chi connectivity index (χ3n) is 4.24. The zero-order valence-corrected chi connectivity index (χ0v) is 14.7. The van der Waals surface area contributed by atoms with Crippen molar-refractivity contribution >= 4 is 21.6 Å². The van der Waals surface area contributed by atoms with Gasteiger partial charge in [0, 0.05) is 10.9 Å². The highest BCUT2D eigenvalue weighted by molar-refractivity contribution is 7.17. The van der Waals surface area contributed by atoms with Crippen molar-refractivity contribution in [2.24, 2.45) is 0 Å². The Kier molecular flexibility index (Phi) is 4.31. The summed E-state index contributed by atoms with van der Waals surface area (Å²) >= 11 is 1.29. The maximum atomic E-state index is 12.9. The Morgan fingerprint density at radius 3 is 2.56 bits per heavy atom. The number of halogens is 3. The molecule has 4 rings (SSSR count). The minimum atomic E-state index is -4.42. The Labute approximate surface area is 156 Å². The van der Waals surface area contributed by atoms with Crippen LogP contribution in [-0.2, 0) is 12.7 Å². The smallest absolute Gasteiger partial charge is 0.294 e. The number of aromatic nitrogens is 2. The van der Waals surface area contributed by atoms with Gasteiger partial charge in [-0.2, -0.15) is 13.2 Å². The minimum absolute atomic E-state index is 0.0320. The maximum Gasteiger partial charge on any atom is 0.416 e. The van der Waals surface area contributed by atoms with Crippen LogP contribution in [0.1, 0.15) is 11.1 Å². The second-order valence-electron chi connectivity index (χ2n) is 6.07. The average molecular weight is 386 g/mol. The first kappa shape index (κ1) is 17.5. The van der Waals surface area contributed by atoms with Crippen LogP contribution >= 0.6 is 11.3 Å². The Hall–Kier alpha value is -2.93. The SMILES string of the molecule is O=c1c2scc(-c3ccccc3)c2ncn1Cc1cccc(C(F)(F)F)c1. The molecule has 136 valence electrons. The number of fused-ring (bicyclic) bond motifs is 1. The summed E-state index contributed by atoms with van der Waals surface area (Å²) in [6, 6.07) is 14.6. The van der Waals surface area contributed by atoms with E-state index in [0.717, 1.165) is 23.3 Å². The van der Waals surface area contributed by atoms with Crippen molar-refractivity contribution < 1.29 is 13.2 Å². The molecule has 0 spiro atoms. The zero-order valence-electron chi connectivity index (χ0n) is 13.9. The summed E-state index contributed by atoms with van der Waals surface area (Å²) < 4.78 is 40.5. The second-order valence-corrected chi connectivity index (χ2v) is 6.95. The fourth-order valence-corrected chi connectivity index (χ4v) is 3.90. The van der Waals surface area contributed by atoms with Crippen molar-refractivity contribution in [3.63, 3.8) is 0 Å². The standard InChI is InChI=1S/C20H13F3N2OS/c21-20(22,23)15-8-4-5-13(9-15)10-25-12-24-17-16(11-27-18(17)19(25)26)14-6-2-1-3-7-14/h1-9,11-12H,10H2. The van der Waals surface area contributed by atoms with Crippen LogP contribution < -0.4 is 5.56 Å². The van der Waals surface area contributed by atoms with Gasteiger partial charge in [-0.1, -0.05) is 42.5 Å². The molecule has 4 aromatic rings. The number of nitrogens with zero attached hydrogens (tertiary/aromatic N) is 2. The highest BCUT2D eigenvalue weighted by Crippen LogP contribution is 2.31. The van der Waals surface area contributed by atoms with E-state index in [1.807, 2.05) is 35.7 Å². The number of alkyl halides is 3. The van der Waals surface area contributed by atoms with Gasteiger partial charge >= 0.3 is 6.18 Å². The van der Waals surface area contributed by atoms with Gasteiger partial charge < -0.3 is 0 Å². The van der Waals surface area contributed by atoms with Crippen LogP contribution in [0.5, 0.6) is 0 Å². The second kappa shape index (κ2) is 6.66. The molecule has 0 amide bonds. The van der Waals surface area contributed by atoms with Crippen LogP contribution in [0, 0.1) is 0 Å². The average Bonchev–Trinajstić information content (AvgIpc) is 3.09. The highest BCUT2D eigenvalue weighted by atomic mass is 32.1. The summed E-state index contributed by atoms with van der Waals surface area (Å²) in [4.78, 5) is 17.2. The van der Waals surface area contributed by atoms with E-state index >= 15 is 0 Å². The molecule has 0 saturated heterocycles. The molecule has 0 radical (unpaired) electrons. The molecular formula is C20H13F3N2OS. The molecule has 2 aromatic carbocycles. The first-order valence-corrected chi connectivity index (χ1v) is 8.99. The highest BCUT2D eigenvalue weighted by Gasteiger charge is 2.30. The van der Waals surface area contributed by atoms with E-state index in [2.05, 4.69) is 4.98 Å². The van der Waals surface area contributed by atoms with E-state index in [9.17, 15) is 18.0 Å². The first-order valence-electron chi connectivity index (χ1n) is 8.12. The fraction of sp³-hybridized carbons (Fsp3) is 0.100. The maximum absolute atomic E-state index is 12.9. The monoisotopic (exact) mass is 386 g/mol. The van der Waals surface area contributed by atoms with Gasteiger partial charge in [-0.3, -0.25) is 9.36 Å². The van der Waals surface area contributed by atoms with Gasteiger partial charge in [0.25, 0.3) is 5.56 Å². The summed E-state index contributed by atoms with van der Waals surface area (Å²) in [6.07, 6.45) is -3.02. The lowest BCUT2D eigenvalue weighted by molar-refractivity contribution is -0.137. The molecule has 0 atom stereocenters. The van der Waals surface area contributed by atoms with E-state index in [0.29, 0.717) is 15.8 Å². The molecule has 0 aliphatic carbocycles. The minimum Gasteiger partial charge on any atom is -0.294 e. The van der Waals surface area contributed by atoms with Gasteiger partial charge in [0.15, 0.2) is 0 Å². The van der Waals surface area contributed by atoms with Crippen LogP contribution in [0.2, 0.25) is 0 Å². The quantitative estimate of drug-likeness (QED) is 0.486. The van der Waals surface area contributed by atoms with E-state index in [4.69, 9.17) is 0 Å². The predicted molar refractivity (Wildman–Crippen MR) is 99.9 cm³/mol. The predicted octanol–water partition coefficient (Wildman–Crippen LogP) is 5.19.